The lowest BCUT2D eigenvalue weighted by molar-refractivity contribution is -0.123. The molecule has 2 fully saturated rings. The number of fused-ring (bicyclic) bond motifs is 1. The number of carbonyl (C=O) groups excluding carboxylic acids is 2. The van der Waals surface area contributed by atoms with Crippen molar-refractivity contribution in [2.45, 2.75) is 24.8 Å². The number of halogens is 2. The van der Waals surface area contributed by atoms with Crippen LogP contribution in [0, 0.1) is 0 Å². The molecule has 2 aliphatic rings. The fourth-order valence-corrected chi connectivity index (χ4v) is 3.00. The van der Waals surface area contributed by atoms with E-state index < -0.39 is 17.9 Å². The lowest BCUT2D eigenvalue weighted by Crippen LogP contribution is -2.30. The lowest BCUT2D eigenvalue weighted by atomic mass is 10.1. The number of alkyl halides is 2. The van der Waals surface area contributed by atoms with Crippen LogP contribution in [0.25, 0.3) is 5.65 Å². The second-order valence-electron chi connectivity index (χ2n) is 6.17. The highest BCUT2D eigenvalue weighted by molar-refractivity contribution is 6.13. The molecular formula is C15H15F2N5O2. The summed E-state index contributed by atoms with van der Waals surface area (Å²) < 4.78 is 28.5. The first kappa shape index (κ1) is 15.0. The van der Waals surface area contributed by atoms with Gasteiger partial charge in [0.1, 0.15) is 6.54 Å². The highest BCUT2D eigenvalue weighted by atomic mass is 19.3. The summed E-state index contributed by atoms with van der Waals surface area (Å²) in [5.41, 5.74) is 7.35. The molecule has 9 heteroatoms. The van der Waals surface area contributed by atoms with Gasteiger partial charge in [-0.1, -0.05) is 0 Å². The summed E-state index contributed by atoms with van der Waals surface area (Å²) in [6.07, 6.45) is 3.01. The van der Waals surface area contributed by atoms with Gasteiger partial charge in [0.05, 0.1) is 17.3 Å². The number of urea groups is 1. The monoisotopic (exact) mass is 335 g/mol. The Hall–Kier alpha value is -2.55. The summed E-state index contributed by atoms with van der Waals surface area (Å²) >= 11 is 0. The van der Waals surface area contributed by atoms with E-state index in [-0.39, 0.29) is 25.4 Å². The topological polar surface area (TPSA) is 83.9 Å². The minimum atomic E-state index is -2.73. The van der Waals surface area contributed by atoms with Gasteiger partial charge in [0.15, 0.2) is 5.65 Å². The third-order valence-corrected chi connectivity index (χ3v) is 4.52. The van der Waals surface area contributed by atoms with Gasteiger partial charge >= 0.3 is 6.03 Å². The number of pyridine rings is 1. The number of amides is 3. The molecule has 1 aliphatic heterocycles. The van der Waals surface area contributed by atoms with Crippen LogP contribution in [0.4, 0.5) is 19.3 Å². The Labute approximate surface area is 135 Å². The van der Waals surface area contributed by atoms with E-state index in [0.717, 1.165) is 4.90 Å². The summed E-state index contributed by atoms with van der Waals surface area (Å²) in [7, 11) is 1.39. The predicted molar refractivity (Wildman–Crippen MR) is 80.9 cm³/mol. The van der Waals surface area contributed by atoms with Crippen molar-refractivity contribution in [1.29, 1.82) is 0 Å². The number of nitrogens with zero attached hydrogens (tertiary/aromatic N) is 4. The van der Waals surface area contributed by atoms with Gasteiger partial charge in [0, 0.05) is 32.4 Å². The molecule has 126 valence electrons. The maximum absolute atomic E-state index is 13.5. The van der Waals surface area contributed by atoms with Crippen molar-refractivity contribution in [1.82, 2.24) is 14.3 Å². The van der Waals surface area contributed by atoms with Crippen LogP contribution >= 0.6 is 0 Å². The SMILES string of the molecule is CN1C(=O)CN(c2cc(C3CC3(F)F)cn3cc(CN)nc23)C1=O. The molecule has 1 unspecified atom stereocenters. The Bertz CT molecular complexity index is 878. The molecular weight excluding hydrogens is 320 g/mol. The van der Waals surface area contributed by atoms with Gasteiger partial charge in [0.2, 0.25) is 5.91 Å². The Morgan fingerprint density at radius 2 is 2.08 bits per heavy atom. The number of hydrogen-bond acceptors (Lipinski definition) is 4. The quantitative estimate of drug-likeness (QED) is 0.857. The Balaban J connectivity index is 1.87. The zero-order valence-electron chi connectivity index (χ0n) is 12.9. The average Bonchev–Trinajstić information content (AvgIpc) is 2.90. The van der Waals surface area contributed by atoms with E-state index in [2.05, 4.69) is 4.98 Å². The average molecular weight is 335 g/mol. The van der Waals surface area contributed by atoms with Crippen LogP contribution in [0.5, 0.6) is 0 Å². The first-order valence-corrected chi connectivity index (χ1v) is 7.49. The highest BCUT2D eigenvalue weighted by Crippen LogP contribution is 2.56. The van der Waals surface area contributed by atoms with Crippen molar-refractivity contribution < 1.29 is 18.4 Å². The van der Waals surface area contributed by atoms with Crippen LogP contribution in [-0.4, -0.2) is 45.7 Å². The number of nitrogens with two attached hydrogens (primary N) is 1. The molecule has 1 atom stereocenters. The molecule has 2 aromatic rings. The minimum absolute atomic E-state index is 0.139. The molecule has 24 heavy (non-hydrogen) atoms. The fraction of sp³-hybridized carbons (Fsp3) is 0.400. The smallest absolute Gasteiger partial charge is 0.325 e. The molecule has 2 N–H and O–H groups in total. The second kappa shape index (κ2) is 4.73. The summed E-state index contributed by atoms with van der Waals surface area (Å²) in [6.45, 7) is 0.0448. The van der Waals surface area contributed by atoms with Crippen molar-refractivity contribution in [2.75, 3.05) is 18.5 Å². The van der Waals surface area contributed by atoms with E-state index in [1.165, 1.54) is 18.0 Å². The van der Waals surface area contributed by atoms with E-state index in [0.29, 0.717) is 22.6 Å². The largest absolute Gasteiger partial charge is 0.331 e. The van der Waals surface area contributed by atoms with Crippen molar-refractivity contribution in [2.24, 2.45) is 5.73 Å². The van der Waals surface area contributed by atoms with Crippen molar-refractivity contribution >= 4 is 23.3 Å². The van der Waals surface area contributed by atoms with Gasteiger partial charge in [-0.15, -0.1) is 0 Å². The molecule has 1 saturated heterocycles. The van der Waals surface area contributed by atoms with Gasteiger partial charge in [-0.25, -0.2) is 18.6 Å². The van der Waals surface area contributed by atoms with E-state index in [1.807, 2.05) is 0 Å². The number of hydrogen-bond donors (Lipinski definition) is 1. The normalized spacial score (nSPS) is 22.8. The molecule has 0 bridgehead atoms. The maximum Gasteiger partial charge on any atom is 0.331 e. The summed E-state index contributed by atoms with van der Waals surface area (Å²) in [6, 6.07) is 1.03. The number of anilines is 1. The second-order valence-corrected chi connectivity index (χ2v) is 6.17. The first-order valence-electron chi connectivity index (χ1n) is 7.49. The Morgan fingerprint density at radius 3 is 2.62 bits per heavy atom. The molecule has 0 spiro atoms. The molecule has 3 amide bonds. The molecule has 3 heterocycles. The number of imidazole rings is 1. The Kier molecular flexibility index (Phi) is 2.96. The van der Waals surface area contributed by atoms with Gasteiger partial charge < -0.3 is 10.1 Å². The van der Waals surface area contributed by atoms with E-state index in [9.17, 15) is 18.4 Å². The summed E-state index contributed by atoms with van der Waals surface area (Å²) in [4.78, 5) is 30.7. The molecule has 7 nitrogen and oxygen atoms in total. The van der Waals surface area contributed by atoms with Crippen molar-refractivity contribution in [3.8, 4) is 0 Å². The number of carbonyl (C=O) groups is 2. The maximum atomic E-state index is 13.5. The Morgan fingerprint density at radius 1 is 1.38 bits per heavy atom. The standard InChI is InChI=1S/C15H15F2N5O2/c1-20-12(23)7-22(14(20)24)11-2-8(10-3-15(10,16)17)5-21-6-9(4-18)19-13(11)21/h2,5-6,10H,3-4,7,18H2,1H3. The van der Waals surface area contributed by atoms with Gasteiger partial charge in [-0.3, -0.25) is 14.6 Å². The minimum Gasteiger partial charge on any atom is -0.325 e. The van der Waals surface area contributed by atoms with Gasteiger partial charge in [-0.05, 0) is 11.6 Å². The third-order valence-electron chi connectivity index (χ3n) is 4.52. The molecule has 1 saturated carbocycles. The lowest BCUT2D eigenvalue weighted by Gasteiger charge is -2.17. The van der Waals surface area contributed by atoms with Gasteiger partial charge in [0.25, 0.3) is 5.92 Å². The molecule has 4 rings (SSSR count). The van der Waals surface area contributed by atoms with Crippen LogP contribution in [0.1, 0.15) is 23.6 Å². The summed E-state index contributed by atoms with van der Waals surface area (Å²) in [5, 5.41) is 0. The van der Waals surface area contributed by atoms with Crippen LogP contribution in [0.3, 0.4) is 0 Å². The third kappa shape index (κ3) is 2.08. The van der Waals surface area contributed by atoms with Crippen molar-refractivity contribution in [3.63, 3.8) is 0 Å². The highest BCUT2D eigenvalue weighted by Gasteiger charge is 2.58. The summed E-state index contributed by atoms with van der Waals surface area (Å²) in [5.74, 6) is -3.97. The van der Waals surface area contributed by atoms with Crippen molar-refractivity contribution in [3.05, 3.63) is 29.7 Å². The fourth-order valence-electron chi connectivity index (χ4n) is 3.00. The van der Waals surface area contributed by atoms with E-state index in [1.54, 1.807) is 16.8 Å². The van der Waals surface area contributed by atoms with Gasteiger partial charge in [-0.2, -0.15) is 0 Å². The van der Waals surface area contributed by atoms with Crippen LogP contribution < -0.4 is 10.6 Å². The van der Waals surface area contributed by atoms with E-state index in [4.69, 9.17) is 5.73 Å². The van der Waals surface area contributed by atoms with E-state index >= 15 is 0 Å². The molecule has 0 radical (unpaired) electrons. The zero-order valence-corrected chi connectivity index (χ0v) is 12.9. The number of likely N-dealkylation sites (N-methyl/N-ethyl adjacent to an activating group) is 1. The van der Waals surface area contributed by atoms with Crippen LogP contribution in [0.2, 0.25) is 0 Å². The number of aromatic nitrogens is 2. The predicted octanol–water partition coefficient (Wildman–Crippen LogP) is 1.31. The zero-order chi connectivity index (χ0) is 17.2. The molecule has 2 aromatic heterocycles. The number of rotatable bonds is 3. The molecule has 0 aromatic carbocycles. The van der Waals surface area contributed by atoms with Crippen LogP contribution in [0.15, 0.2) is 18.5 Å². The number of imide groups is 1. The van der Waals surface area contributed by atoms with Crippen LogP contribution in [-0.2, 0) is 11.3 Å². The first-order chi connectivity index (χ1) is 11.3. The molecule has 1 aliphatic carbocycles.